The van der Waals surface area contributed by atoms with Crippen molar-refractivity contribution in [2.45, 2.75) is 200 Å². The predicted octanol–water partition coefficient (Wildman–Crippen LogP) is 12.5. The first-order valence-electron chi connectivity index (χ1n) is 19.5. The van der Waals surface area contributed by atoms with Crippen molar-refractivity contribution in [3.63, 3.8) is 0 Å². The molecule has 41 heavy (non-hydrogen) atoms. The van der Waals surface area contributed by atoms with Crippen LogP contribution in [0.2, 0.25) is 0 Å². The Morgan fingerprint density at radius 3 is 0.610 bits per heavy atom. The van der Waals surface area contributed by atoms with Gasteiger partial charge >= 0.3 is 0 Å². The van der Waals surface area contributed by atoms with Crippen molar-refractivity contribution in [2.75, 3.05) is 54.4 Å². The fourth-order valence-corrected chi connectivity index (χ4v) is 6.62. The Bertz CT molecular complexity index is 498. The van der Waals surface area contributed by atoms with E-state index in [4.69, 9.17) is 0 Å². The third-order valence-electron chi connectivity index (χ3n) is 9.76. The normalized spacial score (nSPS) is 12.4. The summed E-state index contributed by atoms with van der Waals surface area (Å²) < 4.78 is 2.44. The fourth-order valence-electron chi connectivity index (χ4n) is 6.62. The second-order valence-electron chi connectivity index (χ2n) is 15.3. The lowest BCUT2D eigenvalue weighted by Gasteiger charge is -2.33. The molecule has 0 unspecified atom stereocenters. The maximum Gasteiger partial charge on any atom is 0.0836 e. The second kappa shape index (κ2) is 30.0. The van der Waals surface area contributed by atoms with Gasteiger partial charge in [0.15, 0.2) is 0 Å². The summed E-state index contributed by atoms with van der Waals surface area (Å²) in [6.07, 6.45) is 42.2. The summed E-state index contributed by atoms with van der Waals surface area (Å²) in [7, 11) is 9.86. The van der Waals surface area contributed by atoms with Crippen molar-refractivity contribution in [3.05, 3.63) is 0 Å². The molecular formula is C39H84N2+2. The molecule has 248 valence electrons. The van der Waals surface area contributed by atoms with E-state index in [2.05, 4.69) is 42.0 Å². The third kappa shape index (κ3) is 32.7. The van der Waals surface area contributed by atoms with E-state index in [1.807, 2.05) is 0 Å². The lowest BCUT2D eigenvalue weighted by Crippen LogP contribution is -2.46. The topological polar surface area (TPSA) is 0 Å². The molecule has 0 fully saturated rings. The molecule has 0 amide bonds. The van der Waals surface area contributed by atoms with Crippen LogP contribution in [0.25, 0.3) is 0 Å². The van der Waals surface area contributed by atoms with E-state index in [-0.39, 0.29) is 0 Å². The van der Waals surface area contributed by atoms with E-state index in [1.165, 1.54) is 221 Å². The summed E-state index contributed by atoms with van der Waals surface area (Å²) in [5, 5.41) is 0. The zero-order valence-corrected chi connectivity index (χ0v) is 30.2. The second-order valence-corrected chi connectivity index (χ2v) is 15.3. The zero-order chi connectivity index (χ0) is 30.3. The monoisotopic (exact) mass is 581 g/mol. The van der Waals surface area contributed by atoms with Gasteiger partial charge in [-0.25, -0.2) is 0 Å². The van der Waals surface area contributed by atoms with E-state index >= 15 is 0 Å². The highest BCUT2D eigenvalue weighted by Gasteiger charge is 2.19. The quantitative estimate of drug-likeness (QED) is 0.0524. The van der Waals surface area contributed by atoms with E-state index in [0.717, 1.165) is 0 Å². The molecule has 0 aliphatic carbocycles. The average Bonchev–Trinajstić information content (AvgIpc) is 2.93. The third-order valence-corrected chi connectivity index (χ3v) is 9.76. The molecule has 0 aromatic rings. The Hall–Kier alpha value is -0.0800. The summed E-state index contributed by atoms with van der Waals surface area (Å²) in [5.41, 5.74) is 0. The SMILES string of the molecule is CCCCCCCCCCCCCCCCCCCC[N+](C)(C)CCC[N+](C)(C)CCCCCCCCCCCC. The number of quaternary nitrogens is 2. The molecule has 0 radical (unpaired) electrons. The molecule has 0 heterocycles. The van der Waals surface area contributed by atoms with Crippen molar-refractivity contribution in [3.8, 4) is 0 Å². The summed E-state index contributed by atoms with van der Waals surface area (Å²) in [4.78, 5) is 0. The fraction of sp³-hybridized carbons (Fsp3) is 1.00. The highest BCUT2D eigenvalue weighted by molar-refractivity contribution is 4.52. The number of rotatable bonds is 34. The Labute approximate surface area is 263 Å². The highest BCUT2D eigenvalue weighted by atomic mass is 15.3. The van der Waals surface area contributed by atoms with Crippen LogP contribution in [0, 0.1) is 0 Å². The van der Waals surface area contributed by atoms with Crippen molar-refractivity contribution in [2.24, 2.45) is 0 Å². The van der Waals surface area contributed by atoms with Crippen LogP contribution in [0.1, 0.15) is 200 Å². The Morgan fingerprint density at radius 1 is 0.220 bits per heavy atom. The summed E-state index contributed by atoms with van der Waals surface area (Å²) >= 11 is 0. The van der Waals surface area contributed by atoms with Crippen molar-refractivity contribution < 1.29 is 8.97 Å². The van der Waals surface area contributed by atoms with Crippen LogP contribution in [0.5, 0.6) is 0 Å². The molecule has 0 aromatic carbocycles. The van der Waals surface area contributed by atoms with E-state index in [1.54, 1.807) is 0 Å². The highest BCUT2D eigenvalue weighted by Crippen LogP contribution is 2.16. The number of hydrogen-bond acceptors (Lipinski definition) is 0. The first kappa shape index (κ1) is 40.9. The first-order valence-corrected chi connectivity index (χ1v) is 19.5. The molecule has 0 N–H and O–H groups in total. The van der Waals surface area contributed by atoms with Crippen molar-refractivity contribution in [1.29, 1.82) is 0 Å². The molecule has 0 aliphatic rings. The van der Waals surface area contributed by atoms with Gasteiger partial charge in [-0.05, 0) is 25.7 Å². The molecule has 0 saturated heterocycles. The van der Waals surface area contributed by atoms with Crippen LogP contribution in [0.4, 0.5) is 0 Å². The molecule has 0 atom stereocenters. The lowest BCUT2D eigenvalue weighted by molar-refractivity contribution is -0.909. The van der Waals surface area contributed by atoms with Gasteiger partial charge in [-0.1, -0.05) is 168 Å². The summed E-state index contributed by atoms with van der Waals surface area (Å²) in [6.45, 7) is 10.0. The molecule has 0 rings (SSSR count). The van der Waals surface area contributed by atoms with Crippen LogP contribution >= 0.6 is 0 Å². The average molecular weight is 581 g/mol. The Morgan fingerprint density at radius 2 is 0.390 bits per heavy atom. The molecular weight excluding hydrogens is 496 g/mol. The number of hydrogen-bond donors (Lipinski definition) is 0. The minimum Gasteiger partial charge on any atom is -0.328 e. The first-order chi connectivity index (χ1) is 19.8. The van der Waals surface area contributed by atoms with Gasteiger partial charge in [-0.3, -0.25) is 0 Å². The lowest BCUT2D eigenvalue weighted by atomic mass is 10.0. The van der Waals surface area contributed by atoms with E-state index < -0.39 is 0 Å². The summed E-state index contributed by atoms with van der Waals surface area (Å²) in [6, 6.07) is 0. The maximum atomic E-state index is 2.47. The zero-order valence-electron chi connectivity index (χ0n) is 30.2. The molecule has 2 nitrogen and oxygen atoms in total. The minimum absolute atomic E-state index is 1.22. The van der Waals surface area contributed by atoms with Gasteiger partial charge < -0.3 is 8.97 Å². The molecule has 0 aliphatic heterocycles. The van der Waals surface area contributed by atoms with Crippen LogP contribution in [0.15, 0.2) is 0 Å². The maximum absolute atomic E-state index is 2.47. The van der Waals surface area contributed by atoms with E-state index in [9.17, 15) is 0 Å². The number of nitrogens with zero attached hydrogens (tertiary/aromatic N) is 2. The van der Waals surface area contributed by atoms with Gasteiger partial charge in [0.2, 0.25) is 0 Å². The minimum atomic E-state index is 1.22. The van der Waals surface area contributed by atoms with Gasteiger partial charge in [0, 0.05) is 6.42 Å². The molecule has 0 bridgehead atoms. The molecule has 0 saturated carbocycles. The van der Waals surface area contributed by atoms with Gasteiger partial charge in [-0.15, -0.1) is 0 Å². The van der Waals surface area contributed by atoms with Crippen LogP contribution in [-0.4, -0.2) is 63.3 Å². The molecule has 0 spiro atoms. The Kier molecular flexibility index (Phi) is 29.9. The van der Waals surface area contributed by atoms with Crippen molar-refractivity contribution >= 4 is 0 Å². The van der Waals surface area contributed by atoms with Crippen LogP contribution < -0.4 is 0 Å². The van der Waals surface area contributed by atoms with Crippen LogP contribution in [0.3, 0.4) is 0 Å². The largest absolute Gasteiger partial charge is 0.328 e. The molecule has 0 aromatic heterocycles. The Balaban J connectivity index is 3.49. The van der Waals surface area contributed by atoms with Gasteiger partial charge in [0.25, 0.3) is 0 Å². The summed E-state index contributed by atoms with van der Waals surface area (Å²) in [5.74, 6) is 0. The smallest absolute Gasteiger partial charge is 0.0836 e. The van der Waals surface area contributed by atoms with Gasteiger partial charge in [-0.2, -0.15) is 0 Å². The van der Waals surface area contributed by atoms with Gasteiger partial charge in [0.1, 0.15) is 0 Å². The van der Waals surface area contributed by atoms with Crippen molar-refractivity contribution in [1.82, 2.24) is 0 Å². The number of unbranched alkanes of at least 4 members (excludes halogenated alkanes) is 26. The predicted molar refractivity (Wildman–Crippen MR) is 189 cm³/mol. The molecule has 2 heteroatoms. The van der Waals surface area contributed by atoms with Crippen LogP contribution in [-0.2, 0) is 0 Å². The standard InChI is InChI=1S/C39H84N2/c1-7-9-11-13-15-17-19-20-21-22-23-24-25-26-28-30-32-34-37-41(5,6)39-35-38-40(3,4)36-33-31-29-27-18-16-14-12-10-8-2/h7-39H2,1-6H3/q+2. The van der Waals surface area contributed by atoms with Gasteiger partial charge in [0.05, 0.1) is 54.4 Å². The van der Waals surface area contributed by atoms with E-state index in [0.29, 0.717) is 0 Å².